The number of benzene rings is 1. The highest BCUT2D eigenvalue weighted by Crippen LogP contribution is 2.20. The summed E-state index contributed by atoms with van der Waals surface area (Å²) in [6.07, 6.45) is -0.600. The van der Waals surface area contributed by atoms with Crippen molar-refractivity contribution in [2.45, 2.75) is 13.0 Å². The molecule has 3 N–H and O–H groups in total. The van der Waals surface area contributed by atoms with Crippen LogP contribution in [-0.4, -0.2) is 42.6 Å². The van der Waals surface area contributed by atoms with Crippen LogP contribution in [0.3, 0.4) is 0 Å². The quantitative estimate of drug-likeness (QED) is 0.639. The number of nitrogens with one attached hydrogen (secondary N) is 1. The van der Waals surface area contributed by atoms with E-state index in [2.05, 4.69) is 5.32 Å². The lowest BCUT2D eigenvalue weighted by Crippen LogP contribution is -2.32. The first-order valence-corrected chi connectivity index (χ1v) is 5.90. The fourth-order valence-electron chi connectivity index (χ4n) is 1.31. The van der Waals surface area contributed by atoms with Gasteiger partial charge in [0.2, 0.25) is 0 Å². The van der Waals surface area contributed by atoms with Crippen molar-refractivity contribution in [1.82, 2.24) is 5.32 Å². The van der Waals surface area contributed by atoms with Crippen molar-refractivity contribution in [2.24, 2.45) is 0 Å². The largest absolute Gasteiger partial charge is 0.491 e. The van der Waals surface area contributed by atoms with E-state index < -0.39 is 6.10 Å². The molecule has 1 aromatic carbocycles. The van der Waals surface area contributed by atoms with Gasteiger partial charge in [0.25, 0.3) is 0 Å². The molecule has 1 aromatic rings. The van der Waals surface area contributed by atoms with Crippen LogP contribution in [0.15, 0.2) is 18.2 Å². The third kappa shape index (κ3) is 5.37. The lowest BCUT2D eigenvalue weighted by Gasteiger charge is -2.13. The Kier molecular flexibility index (Phi) is 6.29. The molecule has 96 valence electrons. The number of halogens is 1. The molecule has 5 heteroatoms. The summed E-state index contributed by atoms with van der Waals surface area (Å²) in [6.45, 7) is 3.03. The third-order valence-corrected chi connectivity index (χ3v) is 2.66. The highest BCUT2D eigenvalue weighted by atomic mass is 35.5. The van der Waals surface area contributed by atoms with Crippen LogP contribution in [0.5, 0.6) is 5.75 Å². The van der Waals surface area contributed by atoms with Crippen LogP contribution in [0.2, 0.25) is 5.02 Å². The van der Waals surface area contributed by atoms with Gasteiger partial charge in [-0.2, -0.15) is 0 Å². The molecule has 1 atom stereocenters. The smallest absolute Gasteiger partial charge is 0.119 e. The number of ether oxygens (including phenoxy) is 1. The fourth-order valence-corrected chi connectivity index (χ4v) is 1.42. The minimum Gasteiger partial charge on any atom is -0.491 e. The summed E-state index contributed by atoms with van der Waals surface area (Å²) in [5.74, 6) is 0.688. The van der Waals surface area contributed by atoms with Crippen LogP contribution in [0.25, 0.3) is 0 Å². The van der Waals surface area contributed by atoms with Crippen molar-refractivity contribution >= 4 is 11.6 Å². The molecule has 0 aliphatic rings. The number of aliphatic hydroxyl groups is 2. The van der Waals surface area contributed by atoms with E-state index in [1.54, 1.807) is 12.1 Å². The molecule has 1 rings (SSSR count). The van der Waals surface area contributed by atoms with E-state index in [4.69, 9.17) is 21.4 Å². The SMILES string of the molecule is Cc1cc(OC[C@H](O)CNCCO)ccc1Cl. The zero-order valence-corrected chi connectivity index (χ0v) is 10.6. The molecule has 0 amide bonds. The Labute approximate surface area is 106 Å². The van der Waals surface area contributed by atoms with E-state index in [1.807, 2.05) is 13.0 Å². The maximum absolute atomic E-state index is 9.57. The van der Waals surface area contributed by atoms with Gasteiger partial charge >= 0.3 is 0 Å². The summed E-state index contributed by atoms with van der Waals surface area (Å²) in [4.78, 5) is 0. The van der Waals surface area contributed by atoms with Crippen LogP contribution in [0, 0.1) is 6.92 Å². The second-order valence-corrected chi connectivity index (χ2v) is 4.21. The van der Waals surface area contributed by atoms with Gasteiger partial charge in [-0.15, -0.1) is 0 Å². The summed E-state index contributed by atoms with van der Waals surface area (Å²) in [5, 5.41) is 21.7. The van der Waals surface area contributed by atoms with Crippen molar-refractivity contribution in [2.75, 3.05) is 26.3 Å². The Morgan fingerprint density at radius 2 is 2.24 bits per heavy atom. The summed E-state index contributed by atoms with van der Waals surface area (Å²) in [6, 6.07) is 5.36. The molecule has 0 aliphatic heterocycles. The Bertz CT molecular complexity index is 347. The highest BCUT2D eigenvalue weighted by molar-refractivity contribution is 6.31. The second kappa shape index (κ2) is 7.50. The molecule has 0 saturated heterocycles. The van der Waals surface area contributed by atoms with Gasteiger partial charge in [0.1, 0.15) is 18.5 Å². The number of rotatable bonds is 7. The summed E-state index contributed by atoms with van der Waals surface area (Å²) < 4.78 is 5.42. The zero-order chi connectivity index (χ0) is 12.7. The van der Waals surface area contributed by atoms with E-state index in [1.165, 1.54) is 0 Å². The van der Waals surface area contributed by atoms with Crippen molar-refractivity contribution < 1.29 is 14.9 Å². The molecule has 0 aliphatic carbocycles. The third-order valence-electron chi connectivity index (χ3n) is 2.24. The molecule has 0 fully saturated rings. The van der Waals surface area contributed by atoms with Crippen molar-refractivity contribution in [1.29, 1.82) is 0 Å². The van der Waals surface area contributed by atoms with Gasteiger partial charge in [0.05, 0.1) is 6.61 Å². The molecule has 0 aromatic heterocycles. The molecular formula is C12H18ClNO3. The lowest BCUT2D eigenvalue weighted by atomic mass is 10.2. The summed E-state index contributed by atoms with van der Waals surface area (Å²) in [7, 11) is 0. The second-order valence-electron chi connectivity index (χ2n) is 3.80. The first-order chi connectivity index (χ1) is 8.13. The molecule has 17 heavy (non-hydrogen) atoms. The Balaban J connectivity index is 2.31. The van der Waals surface area contributed by atoms with Gasteiger partial charge in [-0.3, -0.25) is 0 Å². The van der Waals surface area contributed by atoms with Crippen LogP contribution in [0.4, 0.5) is 0 Å². The fraction of sp³-hybridized carbons (Fsp3) is 0.500. The first-order valence-electron chi connectivity index (χ1n) is 5.52. The zero-order valence-electron chi connectivity index (χ0n) is 9.82. The predicted molar refractivity (Wildman–Crippen MR) is 67.6 cm³/mol. The molecular weight excluding hydrogens is 242 g/mol. The van der Waals surface area contributed by atoms with Crippen molar-refractivity contribution in [3.05, 3.63) is 28.8 Å². The van der Waals surface area contributed by atoms with Crippen molar-refractivity contribution in [3.8, 4) is 5.75 Å². The minimum absolute atomic E-state index is 0.0595. The van der Waals surface area contributed by atoms with E-state index in [9.17, 15) is 5.11 Å². The summed E-state index contributed by atoms with van der Waals surface area (Å²) in [5.41, 5.74) is 0.942. The van der Waals surface area contributed by atoms with Gasteiger partial charge in [-0.1, -0.05) is 11.6 Å². The highest BCUT2D eigenvalue weighted by Gasteiger charge is 2.05. The maximum atomic E-state index is 9.57. The van der Waals surface area contributed by atoms with Gasteiger partial charge in [-0.05, 0) is 30.7 Å². The van der Waals surface area contributed by atoms with Gasteiger partial charge in [0, 0.05) is 18.1 Å². The monoisotopic (exact) mass is 259 g/mol. The average Bonchev–Trinajstić information content (AvgIpc) is 2.31. The standard InChI is InChI=1S/C12H18ClNO3/c1-9-6-11(2-3-12(9)13)17-8-10(16)7-14-4-5-15/h2-3,6,10,14-16H,4-5,7-8H2,1H3/t10-/m1/s1. The average molecular weight is 260 g/mol. The number of aliphatic hydroxyl groups excluding tert-OH is 2. The molecule has 0 unspecified atom stereocenters. The molecule has 0 spiro atoms. The minimum atomic E-state index is -0.600. The number of aryl methyl sites for hydroxylation is 1. The van der Waals surface area contributed by atoms with Crippen molar-refractivity contribution in [3.63, 3.8) is 0 Å². The molecule has 0 bridgehead atoms. The van der Waals surface area contributed by atoms with E-state index in [-0.39, 0.29) is 13.2 Å². The number of hydrogen-bond acceptors (Lipinski definition) is 4. The van der Waals surface area contributed by atoms with Crippen LogP contribution < -0.4 is 10.1 Å². The van der Waals surface area contributed by atoms with E-state index >= 15 is 0 Å². The number of hydrogen-bond donors (Lipinski definition) is 3. The summed E-state index contributed by atoms with van der Waals surface area (Å²) >= 11 is 5.89. The normalized spacial score (nSPS) is 12.5. The lowest BCUT2D eigenvalue weighted by molar-refractivity contribution is 0.105. The van der Waals surface area contributed by atoms with Crippen LogP contribution in [-0.2, 0) is 0 Å². The Hall–Kier alpha value is -0.810. The van der Waals surface area contributed by atoms with Gasteiger partial charge < -0.3 is 20.3 Å². The van der Waals surface area contributed by atoms with Gasteiger partial charge in [-0.25, -0.2) is 0 Å². The Morgan fingerprint density at radius 1 is 1.47 bits per heavy atom. The van der Waals surface area contributed by atoms with Crippen LogP contribution in [0.1, 0.15) is 5.56 Å². The molecule has 0 radical (unpaired) electrons. The molecule has 4 nitrogen and oxygen atoms in total. The van der Waals surface area contributed by atoms with E-state index in [0.717, 1.165) is 5.56 Å². The van der Waals surface area contributed by atoms with Gasteiger partial charge in [0.15, 0.2) is 0 Å². The maximum Gasteiger partial charge on any atom is 0.119 e. The molecule has 0 heterocycles. The topological polar surface area (TPSA) is 61.7 Å². The van der Waals surface area contributed by atoms with E-state index in [0.29, 0.717) is 23.9 Å². The molecule has 0 saturated carbocycles. The Morgan fingerprint density at radius 3 is 2.88 bits per heavy atom. The predicted octanol–water partition coefficient (Wildman–Crippen LogP) is 0.970. The first kappa shape index (κ1) is 14.3. The van der Waals surface area contributed by atoms with Crippen LogP contribution >= 0.6 is 11.6 Å².